The number of benzene rings is 1. The number of hydrogen-bond acceptors (Lipinski definition) is 3. The minimum atomic E-state index is 1.03. The largest absolute Gasteiger partial charge is 0.304 e. The second-order valence-electron chi connectivity index (χ2n) is 3.49. The number of rotatable bonds is 3. The van der Waals surface area contributed by atoms with Crippen molar-refractivity contribution in [1.29, 1.82) is 0 Å². The van der Waals surface area contributed by atoms with Gasteiger partial charge in [-0.2, -0.15) is 11.3 Å². The third-order valence-electron chi connectivity index (χ3n) is 2.44. The summed E-state index contributed by atoms with van der Waals surface area (Å²) in [4.78, 5) is 4.56. The average molecular weight is 241 g/mol. The molecule has 0 bridgehead atoms. The molecule has 0 spiro atoms. The molecule has 2 rings (SSSR count). The highest BCUT2D eigenvalue weighted by Crippen LogP contribution is 2.26. The number of nitrogens with zero attached hydrogens (tertiary/aromatic N) is 1. The lowest BCUT2D eigenvalue weighted by Gasteiger charge is -2.06. The van der Waals surface area contributed by atoms with Crippen molar-refractivity contribution in [3.63, 3.8) is 0 Å². The summed E-state index contributed by atoms with van der Waals surface area (Å²) in [5.74, 6) is 0. The van der Waals surface area contributed by atoms with Crippen molar-refractivity contribution in [2.75, 3.05) is 0 Å². The maximum atomic E-state index is 4.98. The summed E-state index contributed by atoms with van der Waals surface area (Å²) in [6, 6.07) is 8.21. The molecular formula is C14H11NOS. The van der Waals surface area contributed by atoms with Gasteiger partial charge >= 0.3 is 0 Å². The Balaban J connectivity index is 2.46. The van der Waals surface area contributed by atoms with Crippen molar-refractivity contribution in [2.45, 2.75) is 6.92 Å². The standard InChI is InChI=1S/C14H11NOS/c1-3-16-15-9-14-11(2)5-4-6-13(14)12-7-8-17-10-12/h1,4-10H,2H3/b15-9-. The first-order valence-corrected chi connectivity index (χ1v) is 6.04. The molecule has 2 aromatic rings. The van der Waals surface area contributed by atoms with Gasteiger partial charge in [0.05, 0.1) is 6.21 Å². The molecule has 0 fully saturated rings. The van der Waals surface area contributed by atoms with Gasteiger partial charge in [0.2, 0.25) is 0 Å². The summed E-state index contributed by atoms with van der Waals surface area (Å²) in [5.41, 5.74) is 4.48. The van der Waals surface area contributed by atoms with Crippen LogP contribution in [-0.2, 0) is 4.84 Å². The second kappa shape index (κ2) is 5.33. The van der Waals surface area contributed by atoms with Crippen LogP contribution in [0.15, 0.2) is 40.2 Å². The van der Waals surface area contributed by atoms with Gasteiger partial charge in [0.15, 0.2) is 0 Å². The first-order chi connectivity index (χ1) is 8.33. The molecule has 3 heteroatoms. The van der Waals surface area contributed by atoms with Crippen LogP contribution >= 0.6 is 11.3 Å². The minimum absolute atomic E-state index is 1.03. The summed E-state index contributed by atoms with van der Waals surface area (Å²) in [6.07, 6.45) is 8.65. The number of oxime groups is 1. The summed E-state index contributed by atoms with van der Waals surface area (Å²) in [7, 11) is 0. The lowest BCUT2D eigenvalue weighted by atomic mass is 9.99. The van der Waals surface area contributed by atoms with E-state index in [0.717, 1.165) is 16.7 Å². The zero-order chi connectivity index (χ0) is 12.1. The van der Waals surface area contributed by atoms with E-state index in [1.165, 1.54) is 5.56 Å². The maximum absolute atomic E-state index is 4.98. The minimum Gasteiger partial charge on any atom is -0.304 e. The van der Waals surface area contributed by atoms with Crippen LogP contribution < -0.4 is 0 Å². The Morgan fingerprint density at radius 2 is 2.29 bits per heavy atom. The molecule has 0 saturated carbocycles. The zero-order valence-electron chi connectivity index (χ0n) is 9.38. The summed E-state index contributed by atoms with van der Waals surface area (Å²) < 4.78 is 0. The van der Waals surface area contributed by atoms with E-state index in [1.54, 1.807) is 17.6 Å². The number of aryl methyl sites for hydroxylation is 1. The van der Waals surface area contributed by atoms with Gasteiger partial charge in [-0.1, -0.05) is 29.8 Å². The number of thiophene rings is 1. The van der Waals surface area contributed by atoms with Crippen LogP contribution in [0.25, 0.3) is 11.1 Å². The van der Waals surface area contributed by atoms with E-state index in [0.29, 0.717) is 0 Å². The van der Waals surface area contributed by atoms with Gasteiger partial charge in [-0.3, -0.25) is 0 Å². The maximum Gasteiger partial charge on any atom is 0.145 e. The fourth-order valence-electron chi connectivity index (χ4n) is 1.63. The Hall–Kier alpha value is -2.05. The fraction of sp³-hybridized carbons (Fsp3) is 0.0714. The van der Waals surface area contributed by atoms with Gasteiger partial charge in [0.1, 0.15) is 6.11 Å². The van der Waals surface area contributed by atoms with Crippen molar-refractivity contribution in [3.8, 4) is 23.7 Å². The highest BCUT2D eigenvalue weighted by atomic mass is 32.1. The first kappa shape index (κ1) is 11.4. The van der Waals surface area contributed by atoms with Crippen LogP contribution in [0.5, 0.6) is 0 Å². The molecule has 1 aromatic carbocycles. The Bertz CT molecular complexity index is 564. The molecule has 0 saturated heterocycles. The van der Waals surface area contributed by atoms with Crippen LogP contribution in [0.1, 0.15) is 11.1 Å². The van der Waals surface area contributed by atoms with Crippen molar-refractivity contribution >= 4 is 17.6 Å². The molecule has 0 aliphatic carbocycles. The SMILES string of the molecule is C#CO/N=C\c1c(C)cccc1-c1ccsc1. The smallest absolute Gasteiger partial charge is 0.145 e. The van der Waals surface area contributed by atoms with Crippen LogP contribution in [0.2, 0.25) is 0 Å². The van der Waals surface area contributed by atoms with Crippen molar-refractivity contribution < 1.29 is 4.84 Å². The molecule has 0 N–H and O–H groups in total. The summed E-state index contributed by atoms with van der Waals surface area (Å²) in [5, 5.41) is 7.89. The van der Waals surface area contributed by atoms with Crippen LogP contribution in [0.3, 0.4) is 0 Å². The first-order valence-electron chi connectivity index (χ1n) is 5.10. The Labute approximate surface area is 105 Å². The Kier molecular flexibility index (Phi) is 3.59. The van der Waals surface area contributed by atoms with Crippen molar-refractivity contribution in [1.82, 2.24) is 0 Å². The molecule has 0 radical (unpaired) electrons. The normalized spacial score (nSPS) is 10.4. The third-order valence-corrected chi connectivity index (χ3v) is 3.13. The van der Waals surface area contributed by atoms with E-state index in [-0.39, 0.29) is 0 Å². The Morgan fingerprint density at radius 3 is 3.00 bits per heavy atom. The van der Waals surface area contributed by atoms with E-state index < -0.39 is 0 Å². The number of hydrogen-bond donors (Lipinski definition) is 0. The predicted molar refractivity (Wildman–Crippen MR) is 72.0 cm³/mol. The second-order valence-corrected chi connectivity index (χ2v) is 4.27. The van der Waals surface area contributed by atoms with E-state index in [1.807, 2.05) is 25.2 Å². The van der Waals surface area contributed by atoms with Crippen LogP contribution in [-0.4, -0.2) is 6.21 Å². The number of terminal acetylenes is 1. The van der Waals surface area contributed by atoms with Crippen LogP contribution in [0.4, 0.5) is 0 Å². The zero-order valence-corrected chi connectivity index (χ0v) is 10.2. The fourth-order valence-corrected chi connectivity index (χ4v) is 2.29. The molecule has 0 aliphatic heterocycles. The monoisotopic (exact) mass is 241 g/mol. The van der Waals surface area contributed by atoms with Crippen molar-refractivity contribution in [3.05, 3.63) is 46.2 Å². The molecule has 0 amide bonds. The molecule has 1 aromatic heterocycles. The molecule has 84 valence electrons. The van der Waals surface area contributed by atoms with E-state index in [2.05, 4.69) is 32.9 Å². The lowest BCUT2D eigenvalue weighted by Crippen LogP contribution is -1.91. The van der Waals surface area contributed by atoms with E-state index in [4.69, 9.17) is 6.42 Å². The lowest BCUT2D eigenvalue weighted by molar-refractivity contribution is 0.302. The third kappa shape index (κ3) is 2.55. The van der Waals surface area contributed by atoms with Gasteiger partial charge in [0.25, 0.3) is 0 Å². The van der Waals surface area contributed by atoms with Gasteiger partial charge in [-0.15, -0.1) is 0 Å². The molecule has 17 heavy (non-hydrogen) atoms. The quantitative estimate of drug-likeness (QED) is 0.456. The van der Waals surface area contributed by atoms with Crippen LogP contribution in [0, 0.1) is 19.5 Å². The van der Waals surface area contributed by atoms with Gasteiger partial charge in [-0.25, -0.2) is 0 Å². The van der Waals surface area contributed by atoms with Gasteiger partial charge < -0.3 is 4.84 Å². The summed E-state index contributed by atoms with van der Waals surface area (Å²) in [6.45, 7) is 2.03. The molecule has 2 nitrogen and oxygen atoms in total. The van der Waals surface area contributed by atoms with E-state index >= 15 is 0 Å². The molecule has 0 unspecified atom stereocenters. The average Bonchev–Trinajstić information content (AvgIpc) is 2.85. The topological polar surface area (TPSA) is 21.6 Å². The molecular weight excluding hydrogens is 230 g/mol. The molecule has 1 heterocycles. The highest BCUT2D eigenvalue weighted by Gasteiger charge is 2.06. The van der Waals surface area contributed by atoms with Gasteiger partial charge in [-0.05, 0) is 40.4 Å². The van der Waals surface area contributed by atoms with E-state index in [9.17, 15) is 0 Å². The predicted octanol–water partition coefficient (Wildman–Crippen LogP) is 3.66. The van der Waals surface area contributed by atoms with Gasteiger partial charge in [0, 0.05) is 5.56 Å². The highest BCUT2D eigenvalue weighted by molar-refractivity contribution is 7.08. The Morgan fingerprint density at radius 1 is 1.41 bits per heavy atom. The summed E-state index contributed by atoms with van der Waals surface area (Å²) >= 11 is 1.67. The van der Waals surface area contributed by atoms with Crippen molar-refractivity contribution in [2.24, 2.45) is 5.16 Å². The molecule has 0 atom stereocenters. The molecule has 0 aliphatic rings.